The van der Waals surface area contributed by atoms with Crippen LogP contribution in [0.3, 0.4) is 0 Å². The van der Waals surface area contributed by atoms with Crippen molar-refractivity contribution < 1.29 is 14.6 Å². The van der Waals surface area contributed by atoms with E-state index in [9.17, 15) is 9.90 Å². The zero-order valence-electron chi connectivity index (χ0n) is 10.4. The van der Waals surface area contributed by atoms with E-state index < -0.39 is 5.60 Å². The smallest absolute Gasteiger partial charge is 0.270 e. The van der Waals surface area contributed by atoms with Gasteiger partial charge in [0.1, 0.15) is 11.5 Å². The van der Waals surface area contributed by atoms with Crippen LogP contribution < -0.4 is 9.64 Å². The number of nitrogens with zero attached hydrogens (tertiary/aromatic N) is 1. The number of carbonyl (C=O) groups is 1. The summed E-state index contributed by atoms with van der Waals surface area (Å²) in [6.45, 7) is 3.89. The van der Waals surface area contributed by atoms with Crippen LogP contribution in [0.25, 0.3) is 0 Å². The molecule has 0 aliphatic carbocycles. The van der Waals surface area contributed by atoms with Gasteiger partial charge in [-0.2, -0.15) is 0 Å². The molecule has 4 heteroatoms. The summed E-state index contributed by atoms with van der Waals surface area (Å²) in [5.74, 6) is 0.724. The number of benzene rings is 1. The number of likely N-dealkylation sites (N-methyl/N-ethyl adjacent to an activating group) is 1. The average molecular weight is 235 g/mol. The predicted molar refractivity (Wildman–Crippen MR) is 65.5 cm³/mol. The molecular formula is C13H17NO3. The SMILES string of the molecule is CCC1(CC)Oc2ccc(O)cc2N(C)C1=O. The molecule has 92 valence electrons. The maximum absolute atomic E-state index is 12.3. The molecule has 1 aromatic carbocycles. The molecule has 0 saturated heterocycles. The molecule has 0 bridgehead atoms. The summed E-state index contributed by atoms with van der Waals surface area (Å²) >= 11 is 0. The summed E-state index contributed by atoms with van der Waals surface area (Å²) in [6.07, 6.45) is 1.26. The van der Waals surface area contributed by atoms with Crippen molar-refractivity contribution in [2.45, 2.75) is 32.3 Å². The van der Waals surface area contributed by atoms with Crippen LogP contribution in [-0.4, -0.2) is 23.7 Å². The van der Waals surface area contributed by atoms with Crippen molar-refractivity contribution >= 4 is 11.6 Å². The van der Waals surface area contributed by atoms with E-state index in [1.54, 1.807) is 30.1 Å². The van der Waals surface area contributed by atoms with Crippen molar-refractivity contribution in [1.82, 2.24) is 0 Å². The minimum Gasteiger partial charge on any atom is -0.508 e. The summed E-state index contributed by atoms with van der Waals surface area (Å²) in [5.41, 5.74) is -0.147. The number of hydrogen-bond donors (Lipinski definition) is 1. The first-order valence-electron chi connectivity index (χ1n) is 5.84. The maximum Gasteiger partial charge on any atom is 0.270 e. The van der Waals surface area contributed by atoms with Gasteiger partial charge in [-0.25, -0.2) is 0 Å². The molecule has 1 aromatic rings. The molecule has 4 nitrogen and oxygen atoms in total. The van der Waals surface area contributed by atoms with Gasteiger partial charge in [-0.05, 0) is 25.0 Å². The third-order valence-corrected chi connectivity index (χ3v) is 3.45. The molecule has 1 N–H and O–H groups in total. The van der Waals surface area contributed by atoms with Crippen LogP contribution in [0.2, 0.25) is 0 Å². The van der Waals surface area contributed by atoms with Crippen molar-refractivity contribution in [3.05, 3.63) is 18.2 Å². The van der Waals surface area contributed by atoms with Crippen LogP contribution in [0.1, 0.15) is 26.7 Å². The highest BCUT2D eigenvalue weighted by Crippen LogP contribution is 2.41. The third-order valence-electron chi connectivity index (χ3n) is 3.45. The van der Waals surface area contributed by atoms with E-state index in [0.717, 1.165) is 0 Å². The number of carbonyl (C=O) groups excluding carboxylic acids is 1. The van der Waals surface area contributed by atoms with E-state index in [1.807, 2.05) is 13.8 Å². The van der Waals surface area contributed by atoms with E-state index in [2.05, 4.69) is 0 Å². The fourth-order valence-electron chi connectivity index (χ4n) is 2.22. The highest BCUT2D eigenvalue weighted by Gasteiger charge is 2.44. The van der Waals surface area contributed by atoms with Gasteiger partial charge in [0, 0.05) is 13.1 Å². The van der Waals surface area contributed by atoms with Crippen molar-refractivity contribution in [2.75, 3.05) is 11.9 Å². The van der Waals surface area contributed by atoms with Gasteiger partial charge in [-0.15, -0.1) is 0 Å². The molecule has 1 aliphatic rings. The standard InChI is InChI=1S/C13H17NO3/c1-4-13(5-2)12(16)14(3)10-8-9(15)6-7-11(10)17-13/h6-8,15H,4-5H2,1-3H3. The van der Waals surface area contributed by atoms with Gasteiger partial charge in [0.05, 0.1) is 5.69 Å². The molecule has 0 radical (unpaired) electrons. The zero-order valence-corrected chi connectivity index (χ0v) is 10.4. The van der Waals surface area contributed by atoms with Crippen LogP contribution in [0.4, 0.5) is 5.69 Å². The van der Waals surface area contributed by atoms with Gasteiger partial charge in [0.15, 0.2) is 5.60 Å². The first-order chi connectivity index (χ1) is 8.04. The lowest BCUT2D eigenvalue weighted by molar-refractivity contribution is -0.135. The van der Waals surface area contributed by atoms with Gasteiger partial charge in [-0.3, -0.25) is 4.79 Å². The quantitative estimate of drug-likeness (QED) is 0.855. The molecule has 1 aliphatic heterocycles. The van der Waals surface area contributed by atoms with Gasteiger partial charge in [0.2, 0.25) is 0 Å². The van der Waals surface area contributed by atoms with Crippen molar-refractivity contribution in [3.8, 4) is 11.5 Å². The van der Waals surface area contributed by atoms with Gasteiger partial charge >= 0.3 is 0 Å². The molecular weight excluding hydrogens is 218 g/mol. The number of anilines is 1. The minimum absolute atomic E-state index is 0.0550. The van der Waals surface area contributed by atoms with Gasteiger partial charge in [0.25, 0.3) is 5.91 Å². The Morgan fingerprint density at radius 3 is 2.59 bits per heavy atom. The third kappa shape index (κ3) is 1.64. The number of hydrogen-bond acceptors (Lipinski definition) is 3. The number of phenolic OH excluding ortho intramolecular Hbond substituents is 1. The molecule has 0 fully saturated rings. The normalized spacial score (nSPS) is 17.6. The van der Waals surface area contributed by atoms with E-state index in [4.69, 9.17) is 4.74 Å². The Bertz CT molecular complexity index is 452. The largest absolute Gasteiger partial charge is 0.508 e. The Morgan fingerprint density at radius 2 is 2.00 bits per heavy atom. The van der Waals surface area contributed by atoms with Crippen molar-refractivity contribution in [2.24, 2.45) is 0 Å². The fraction of sp³-hybridized carbons (Fsp3) is 0.462. The Morgan fingerprint density at radius 1 is 1.35 bits per heavy atom. The van der Waals surface area contributed by atoms with Crippen LogP contribution >= 0.6 is 0 Å². The summed E-state index contributed by atoms with van der Waals surface area (Å²) < 4.78 is 5.85. The second-order valence-electron chi connectivity index (χ2n) is 4.32. The minimum atomic E-state index is -0.765. The van der Waals surface area contributed by atoms with Gasteiger partial charge in [-0.1, -0.05) is 13.8 Å². The molecule has 1 heterocycles. The Kier molecular flexibility index (Phi) is 2.73. The van der Waals surface area contributed by atoms with Crippen LogP contribution in [0.5, 0.6) is 11.5 Å². The van der Waals surface area contributed by atoms with E-state index in [-0.39, 0.29) is 11.7 Å². The Balaban J connectivity index is 2.52. The first-order valence-corrected chi connectivity index (χ1v) is 5.84. The number of amides is 1. The predicted octanol–water partition coefficient (Wildman–Crippen LogP) is 2.31. The number of phenols is 1. The van der Waals surface area contributed by atoms with Crippen LogP contribution in [0.15, 0.2) is 18.2 Å². The molecule has 0 atom stereocenters. The summed E-state index contributed by atoms with van der Waals surface area (Å²) in [7, 11) is 1.71. The number of aromatic hydroxyl groups is 1. The molecule has 0 spiro atoms. The average Bonchev–Trinajstić information content (AvgIpc) is 2.35. The number of ether oxygens (including phenoxy) is 1. The molecule has 0 saturated carbocycles. The lowest BCUT2D eigenvalue weighted by atomic mass is 9.93. The highest BCUT2D eigenvalue weighted by atomic mass is 16.5. The second-order valence-corrected chi connectivity index (χ2v) is 4.32. The number of fused-ring (bicyclic) bond motifs is 1. The maximum atomic E-state index is 12.3. The van der Waals surface area contributed by atoms with Crippen molar-refractivity contribution in [1.29, 1.82) is 0 Å². The topological polar surface area (TPSA) is 49.8 Å². The number of rotatable bonds is 2. The summed E-state index contributed by atoms with van der Waals surface area (Å²) in [5, 5.41) is 9.44. The molecule has 17 heavy (non-hydrogen) atoms. The Labute approximate surface area is 101 Å². The monoisotopic (exact) mass is 235 g/mol. The van der Waals surface area contributed by atoms with Crippen molar-refractivity contribution in [3.63, 3.8) is 0 Å². The lowest BCUT2D eigenvalue weighted by Crippen LogP contribution is -2.54. The van der Waals surface area contributed by atoms with E-state index in [1.165, 1.54) is 0 Å². The van der Waals surface area contributed by atoms with Crippen LogP contribution in [0, 0.1) is 0 Å². The molecule has 2 rings (SSSR count). The van der Waals surface area contributed by atoms with E-state index in [0.29, 0.717) is 24.3 Å². The Hall–Kier alpha value is -1.71. The highest BCUT2D eigenvalue weighted by molar-refractivity contribution is 6.02. The molecule has 0 unspecified atom stereocenters. The van der Waals surface area contributed by atoms with Crippen LogP contribution in [-0.2, 0) is 4.79 Å². The zero-order chi connectivity index (χ0) is 12.6. The molecule has 0 aromatic heterocycles. The lowest BCUT2D eigenvalue weighted by Gasteiger charge is -2.40. The molecule has 1 amide bonds. The first kappa shape index (κ1) is 11.8. The summed E-state index contributed by atoms with van der Waals surface area (Å²) in [6, 6.07) is 4.81. The summed E-state index contributed by atoms with van der Waals surface area (Å²) in [4.78, 5) is 13.9. The second kappa shape index (κ2) is 3.95. The van der Waals surface area contributed by atoms with E-state index >= 15 is 0 Å². The fourth-order valence-corrected chi connectivity index (χ4v) is 2.22. The van der Waals surface area contributed by atoms with Gasteiger partial charge < -0.3 is 14.7 Å².